The van der Waals surface area contributed by atoms with Crippen molar-refractivity contribution >= 4 is 34.9 Å². The predicted molar refractivity (Wildman–Crippen MR) is 69.9 cm³/mol. The van der Waals surface area contributed by atoms with Gasteiger partial charge >= 0.3 is 0 Å². The molecule has 1 fully saturated rings. The van der Waals surface area contributed by atoms with E-state index in [0.29, 0.717) is 17.6 Å². The van der Waals surface area contributed by atoms with Crippen LogP contribution < -0.4 is 5.32 Å². The van der Waals surface area contributed by atoms with E-state index in [1.165, 1.54) is 12.8 Å². The van der Waals surface area contributed by atoms with Crippen LogP contribution in [0.1, 0.15) is 26.2 Å². The van der Waals surface area contributed by atoms with Crippen molar-refractivity contribution < 1.29 is 0 Å². The van der Waals surface area contributed by atoms with E-state index in [-0.39, 0.29) is 10.4 Å². The Bertz CT molecular complexity index is 411. The number of anilines is 1. The highest BCUT2D eigenvalue weighted by Crippen LogP contribution is 2.38. The molecular weight excluding hydrogens is 259 g/mol. The Hall–Kier alpha value is -0.870. The van der Waals surface area contributed by atoms with Gasteiger partial charge in [0.1, 0.15) is 11.0 Å². The van der Waals surface area contributed by atoms with E-state index in [1.807, 2.05) is 0 Å². The maximum Gasteiger partial charge on any atom is 0.225 e. The zero-order valence-electron chi connectivity index (χ0n) is 9.50. The largest absolute Gasteiger partial charge is 0.329 e. The van der Waals surface area contributed by atoms with Crippen LogP contribution in [-0.2, 0) is 0 Å². The number of nitrogens with one attached hydrogen (secondary N) is 2. The van der Waals surface area contributed by atoms with Gasteiger partial charge in [0.2, 0.25) is 5.28 Å². The van der Waals surface area contributed by atoms with Gasteiger partial charge in [-0.2, -0.15) is 0 Å². The Morgan fingerprint density at radius 1 is 1.53 bits per heavy atom. The molecule has 0 aromatic carbocycles. The normalized spacial score (nSPS) is 16.6. The molecule has 1 aromatic heterocycles. The number of hydrogen-bond donors (Lipinski definition) is 2. The maximum absolute atomic E-state index is 7.86. The molecule has 1 saturated carbocycles. The van der Waals surface area contributed by atoms with E-state index in [1.54, 1.807) is 6.07 Å². The van der Waals surface area contributed by atoms with E-state index >= 15 is 0 Å². The fraction of sp³-hybridized carbons (Fsp3) is 0.545. The second-order valence-electron chi connectivity index (χ2n) is 4.47. The van der Waals surface area contributed by atoms with E-state index in [9.17, 15) is 0 Å². The second kappa shape index (κ2) is 5.19. The Kier molecular flexibility index (Phi) is 3.84. The average molecular weight is 273 g/mol. The minimum absolute atomic E-state index is 0.0861. The van der Waals surface area contributed by atoms with Crippen molar-refractivity contribution in [2.24, 2.45) is 11.8 Å². The summed E-state index contributed by atoms with van der Waals surface area (Å²) < 4.78 is 0. The van der Waals surface area contributed by atoms with Crippen LogP contribution in [-0.4, -0.2) is 15.8 Å². The fourth-order valence-corrected chi connectivity index (χ4v) is 2.22. The van der Waals surface area contributed by atoms with Gasteiger partial charge < -0.3 is 5.32 Å². The first-order chi connectivity index (χ1) is 8.04. The lowest BCUT2D eigenvalue weighted by molar-refractivity contribution is 0.528. The highest BCUT2D eigenvalue weighted by Gasteiger charge is 2.28. The minimum atomic E-state index is 0.0861. The Morgan fingerprint density at radius 2 is 2.24 bits per heavy atom. The van der Waals surface area contributed by atoms with E-state index in [0.717, 1.165) is 12.3 Å². The molecule has 6 heteroatoms. The highest BCUT2D eigenvalue weighted by atomic mass is 35.5. The number of nitrogens with zero attached hydrogens (tertiary/aromatic N) is 2. The van der Waals surface area contributed by atoms with Crippen molar-refractivity contribution in [3.63, 3.8) is 0 Å². The first-order valence-corrected chi connectivity index (χ1v) is 6.34. The average Bonchev–Trinajstić information content (AvgIpc) is 2.97. The summed E-state index contributed by atoms with van der Waals surface area (Å²) in [4.78, 5) is 7.71. The topological polar surface area (TPSA) is 61.7 Å². The Labute approximate surface area is 110 Å². The molecule has 2 rings (SSSR count). The van der Waals surface area contributed by atoms with Gasteiger partial charge in [0, 0.05) is 12.5 Å². The first kappa shape index (κ1) is 12.6. The number of halogens is 2. The van der Waals surface area contributed by atoms with Crippen molar-refractivity contribution in [1.82, 2.24) is 9.97 Å². The maximum atomic E-state index is 7.86. The third-order valence-electron chi connectivity index (χ3n) is 2.90. The molecule has 92 valence electrons. The van der Waals surface area contributed by atoms with Gasteiger partial charge in [-0.3, -0.25) is 5.41 Å². The highest BCUT2D eigenvalue weighted by molar-refractivity contribution is 6.32. The zero-order valence-corrected chi connectivity index (χ0v) is 11.0. The standard InChI is InChI=1S/C11H14Cl2N4/c1-6(7-2-3-7)4-9(14)16-10-5-8(12)15-11(13)17-10/h5-7H,2-4H2,1H3,(H2,14,15,16,17). The van der Waals surface area contributed by atoms with Crippen LogP contribution in [0.5, 0.6) is 0 Å². The van der Waals surface area contributed by atoms with Crippen LogP contribution in [0.3, 0.4) is 0 Å². The van der Waals surface area contributed by atoms with Crippen LogP contribution >= 0.6 is 23.2 Å². The molecule has 1 atom stereocenters. The molecule has 0 bridgehead atoms. The summed E-state index contributed by atoms with van der Waals surface area (Å²) in [6.45, 7) is 2.17. The summed E-state index contributed by atoms with van der Waals surface area (Å²) in [5.41, 5.74) is 0. The zero-order chi connectivity index (χ0) is 12.4. The molecule has 1 heterocycles. The minimum Gasteiger partial charge on any atom is -0.329 e. The number of rotatable bonds is 4. The molecule has 1 aliphatic carbocycles. The van der Waals surface area contributed by atoms with Crippen molar-refractivity contribution in [3.8, 4) is 0 Å². The van der Waals surface area contributed by atoms with E-state index in [2.05, 4.69) is 22.2 Å². The number of hydrogen-bond acceptors (Lipinski definition) is 3. The summed E-state index contributed by atoms with van der Waals surface area (Å²) in [5, 5.41) is 11.1. The van der Waals surface area contributed by atoms with Crippen LogP contribution in [0.15, 0.2) is 6.07 Å². The van der Waals surface area contributed by atoms with Crippen molar-refractivity contribution in [2.75, 3.05) is 5.32 Å². The second-order valence-corrected chi connectivity index (χ2v) is 5.19. The van der Waals surface area contributed by atoms with Crippen LogP contribution in [0.2, 0.25) is 10.4 Å². The van der Waals surface area contributed by atoms with Crippen LogP contribution in [0.4, 0.5) is 5.82 Å². The third-order valence-corrected chi connectivity index (χ3v) is 3.26. The summed E-state index contributed by atoms with van der Waals surface area (Å²) in [6.07, 6.45) is 3.31. The number of amidine groups is 1. The van der Waals surface area contributed by atoms with E-state index in [4.69, 9.17) is 28.6 Å². The molecule has 4 nitrogen and oxygen atoms in total. The van der Waals surface area contributed by atoms with Gasteiger partial charge in [-0.1, -0.05) is 18.5 Å². The molecule has 1 unspecified atom stereocenters. The SMILES string of the molecule is CC(CC(=N)Nc1cc(Cl)nc(Cl)n1)C1CC1. The smallest absolute Gasteiger partial charge is 0.225 e. The van der Waals surface area contributed by atoms with Gasteiger partial charge in [0.25, 0.3) is 0 Å². The van der Waals surface area contributed by atoms with Crippen LogP contribution in [0, 0.1) is 17.2 Å². The monoisotopic (exact) mass is 272 g/mol. The quantitative estimate of drug-likeness (QED) is 0.381. The molecule has 17 heavy (non-hydrogen) atoms. The van der Waals surface area contributed by atoms with Gasteiger partial charge in [0.15, 0.2) is 0 Å². The Morgan fingerprint density at radius 3 is 2.82 bits per heavy atom. The van der Waals surface area contributed by atoms with Gasteiger partial charge in [-0.05, 0) is 36.3 Å². The fourth-order valence-electron chi connectivity index (χ4n) is 1.81. The lowest BCUT2D eigenvalue weighted by Crippen LogP contribution is -2.16. The summed E-state index contributed by atoms with van der Waals surface area (Å²) in [6, 6.07) is 1.56. The number of aromatic nitrogens is 2. The van der Waals surface area contributed by atoms with Crippen molar-refractivity contribution in [3.05, 3.63) is 16.5 Å². The first-order valence-electron chi connectivity index (χ1n) is 5.59. The third kappa shape index (κ3) is 3.82. The van der Waals surface area contributed by atoms with Gasteiger partial charge in [-0.15, -0.1) is 0 Å². The summed E-state index contributed by atoms with van der Waals surface area (Å²) in [7, 11) is 0. The predicted octanol–water partition coefficient (Wildman–Crippen LogP) is 3.61. The lowest BCUT2D eigenvalue weighted by atomic mass is 10.0. The molecular formula is C11H14Cl2N4. The molecule has 0 radical (unpaired) electrons. The van der Waals surface area contributed by atoms with Crippen molar-refractivity contribution in [2.45, 2.75) is 26.2 Å². The van der Waals surface area contributed by atoms with Crippen LogP contribution in [0.25, 0.3) is 0 Å². The van der Waals surface area contributed by atoms with E-state index < -0.39 is 0 Å². The molecule has 2 N–H and O–H groups in total. The molecule has 0 amide bonds. The van der Waals surface area contributed by atoms with Gasteiger partial charge in [0.05, 0.1) is 5.84 Å². The molecule has 0 spiro atoms. The summed E-state index contributed by atoms with van der Waals surface area (Å²) >= 11 is 11.4. The van der Waals surface area contributed by atoms with Gasteiger partial charge in [-0.25, -0.2) is 9.97 Å². The lowest BCUT2D eigenvalue weighted by Gasteiger charge is -2.12. The molecule has 1 aromatic rings. The van der Waals surface area contributed by atoms with Crippen molar-refractivity contribution in [1.29, 1.82) is 5.41 Å². The molecule has 0 saturated heterocycles. The summed E-state index contributed by atoms with van der Waals surface area (Å²) in [5.74, 6) is 2.25. The molecule has 1 aliphatic rings. The Balaban J connectivity index is 1.92. The molecule has 0 aliphatic heterocycles.